The summed E-state index contributed by atoms with van der Waals surface area (Å²) in [7, 11) is 0. The van der Waals surface area contributed by atoms with Crippen LogP contribution in [0.3, 0.4) is 0 Å². The van der Waals surface area contributed by atoms with Crippen molar-refractivity contribution in [1.82, 2.24) is 0 Å². The summed E-state index contributed by atoms with van der Waals surface area (Å²) in [6.07, 6.45) is 0. The van der Waals surface area contributed by atoms with Gasteiger partial charge in [-0.15, -0.1) is 0 Å². The van der Waals surface area contributed by atoms with Gasteiger partial charge in [0.05, 0.1) is 11.4 Å². The molecule has 9 aromatic carbocycles. The number of anilines is 3. The lowest BCUT2D eigenvalue weighted by molar-refractivity contribution is 1.30. The topological polar surface area (TPSA) is 3.24 Å². The normalized spacial score (nSPS) is 11.1. The van der Waals surface area contributed by atoms with Gasteiger partial charge in [0, 0.05) is 16.6 Å². The molecule has 0 unspecified atom stereocenters. The molecule has 0 aliphatic heterocycles. The van der Waals surface area contributed by atoms with Crippen LogP contribution in [0, 0.1) is 0 Å². The number of benzene rings is 9. The Morgan fingerprint density at radius 1 is 0.255 bits per heavy atom. The first-order valence-electron chi connectivity index (χ1n) is 17.5. The molecule has 51 heavy (non-hydrogen) atoms. The molecule has 0 fully saturated rings. The van der Waals surface area contributed by atoms with Gasteiger partial charge in [-0.1, -0.05) is 188 Å². The van der Waals surface area contributed by atoms with Crippen LogP contribution in [0.1, 0.15) is 0 Å². The van der Waals surface area contributed by atoms with Gasteiger partial charge in [0.1, 0.15) is 0 Å². The molecule has 0 N–H and O–H groups in total. The average Bonchev–Trinajstić information content (AvgIpc) is 3.22. The molecule has 0 heterocycles. The molecule has 0 saturated carbocycles. The van der Waals surface area contributed by atoms with Gasteiger partial charge in [0.15, 0.2) is 0 Å². The molecule has 9 aromatic rings. The molecule has 0 aliphatic rings. The van der Waals surface area contributed by atoms with Crippen LogP contribution in [0.2, 0.25) is 0 Å². The van der Waals surface area contributed by atoms with E-state index in [2.05, 4.69) is 217 Å². The number of fused-ring (bicyclic) bond motifs is 2. The van der Waals surface area contributed by atoms with Crippen molar-refractivity contribution in [3.63, 3.8) is 0 Å². The Bertz CT molecular complexity index is 2600. The fraction of sp³-hybridized carbons (Fsp3) is 0. The van der Waals surface area contributed by atoms with Crippen LogP contribution in [0.15, 0.2) is 212 Å². The van der Waals surface area contributed by atoms with E-state index in [4.69, 9.17) is 0 Å². The van der Waals surface area contributed by atoms with Crippen molar-refractivity contribution in [3.05, 3.63) is 212 Å². The predicted octanol–water partition coefficient (Wildman–Crippen LogP) is 14.1. The summed E-state index contributed by atoms with van der Waals surface area (Å²) < 4.78 is 0. The van der Waals surface area contributed by atoms with Gasteiger partial charge in [0.2, 0.25) is 0 Å². The monoisotopic (exact) mass is 649 g/mol. The maximum Gasteiger partial charge on any atom is 0.0540 e. The molecular weight excluding hydrogens is 615 g/mol. The molecule has 0 aromatic heterocycles. The molecule has 0 amide bonds. The fourth-order valence-corrected chi connectivity index (χ4v) is 7.41. The van der Waals surface area contributed by atoms with E-state index in [-0.39, 0.29) is 0 Å². The molecule has 0 bridgehead atoms. The Labute approximate surface area is 299 Å². The van der Waals surface area contributed by atoms with E-state index in [1.807, 2.05) is 0 Å². The summed E-state index contributed by atoms with van der Waals surface area (Å²) in [6.45, 7) is 0. The number of hydrogen-bond donors (Lipinski definition) is 0. The van der Waals surface area contributed by atoms with Crippen LogP contribution in [0.5, 0.6) is 0 Å². The van der Waals surface area contributed by atoms with Crippen molar-refractivity contribution in [2.75, 3.05) is 4.90 Å². The van der Waals surface area contributed by atoms with E-state index in [1.165, 1.54) is 66.1 Å². The Hall–Kier alpha value is -6.70. The Morgan fingerprint density at radius 3 is 1.49 bits per heavy atom. The summed E-state index contributed by atoms with van der Waals surface area (Å²) in [6, 6.07) is 76.6. The third-order valence-corrected chi connectivity index (χ3v) is 9.88. The number of rotatable bonds is 7. The van der Waals surface area contributed by atoms with Crippen LogP contribution in [-0.4, -0.2) is 0 Å². The second-order valence-corrected chi connectivity index (χ2v) is 12.9. The minimum Gasteiger partial charge on any atom is -0.309 e. The van der Waals surface area contributed by atoms with Gasteiger partial charge < -0.3 is 4.90 Å². The third-order valence-electron chi connectivity index (χ3n) is 9.88. The molecule has 240 valence electrons. The molecule has 0 spiro atoms. The van der Waals surface area contributed by atoms with Gasteiger partial charge in [-0.2, -0.15) is 0 Å². The van der Waals surface area contributed by atoms with Gasteiger partial charge in [-0.25, -0.2) is 0 Å². The second-order valence-electron chi connectivity index (χ2n) is 12.9. The van der Waals surface area contributed by atoms with Gasteiger partial charge in [0.25, 0.3) is 0 Å². The first-order valence-corrected chi connectivity index (χ1v) is 17.5. The van der Waals surface area contributed by atoms with E-state index < -0.39 is 0 Å². The number of nitrogens with zero attached hydrogens (tertiary/aromatic N) is 1. The highest BCUT2D eigenvalue weighted by Crippen LogP contribution is 2.45. The van der Waals surface area contributed by atoms with Crippen molar-refractivity contribution in [2.45, 2.75) is 0 Å². The number of para-hydroxylation sites is 1. The third kappa shape index (κ3) is 5.75. The van der Waals surface area contributed by atoms with E-state index in [9.17, 15) is 0 Å². The Morgan fingerprint density at radius 2 is 0.745 bits per heavy atom. The lowest BCUT2D eigenvalue weighted by atomic mass is 9.89. The summed E-state index contributed by atoms with van der Waals surface area (Å²) in [4.78, 5) is 2.42. The molecule has 1 heteroatoms. The summed E-state index contributed by atoms with van der Waals surface area (Å²) in [5.74, 6) is 0. The fourth-order valence-electron chi connectivity index (χ4n) is 7.41. The smallest absolute Gasteiger partial charge is 0.0540 e. The molecular formula is C50H35N. The average molecular weight is 650 g/mol. The SMILES string of the molecule is c1ccc(-c2ccc(-c3ccccc3N(c3ccc(-c4c(-c5ccccc5)ccc5ccccc45)cc3)c3cccc4ccccc34)cc2)cc1. The first kappa shape index (κ1) is 30.4. The maximum atomic E-state index is 2.42. The van der Waals surface area contributed by atoms with Crippen LogP contribution in [0.25, 0.3) is 66.1 Å². The van der Waals surface area contributed by atoms with Crippen LogP contribution < -0.4 is 4.90 Å². The Kier molecular flexibility index (Phi) is 7.92. The van der Waals surface area contributed by atoms with Crippen LogP contribution in [0.4, 0.5) is 17.1 Å². The highest BCUT2D eigenvalue weighted by atomic mass is 15.1. The van der Waals surface area contributed by atoms with E-state index >= 15 is 0 Å². The van der Waals surface area contributed by atoms with Crippen molar-refractivity contribution in [2.24, 2.45) is 0 Å². The van der Waals surface area contributed by atoms with Crippen molar-refractivity contribution in [1.29, 1.82) is 0 Å². The van der Waals surface area contributed by atoms with E-state index in [1.54, 1.807) is 0 Å². The van der Waals surface area contributed by atoms with Gasteiger partial charge in [-0.3, -0.25) is 0 Å². The van der Waals surface area contributed by atoms with Crippen LogP contribution in [-0.2, 0) is 0 Å². The lowest BCUT2D eigenvalue weighted by Gasteiger charge is -2.29. The first-order chi connectivity index (χ1) is 25.3. The van der Waals surface area contributed by atoms with Gasteiger partial charge in [-0.05, 0) is 79.4 Å². The largest absolute Gasteiger partial charge is 0.309 e. The van der Waals surface area contributed by atoms with Crippen molar-refractivity contribution in [3.8, 4) is 44.5 Å². The second kappa shape index (κ2) is 13.3. The highest BCUT2D eigenvalue weighted by molar-refractivity contribution is 6.05. The van der Waals surface area contributed by atoms with Crippen molar-refractivity contribution < 1.29 is 0 Å². The standard InChI is InChI=1S/C50H35N/c1-3-14-36(15-4-1)37-26-28-41(29-27-37)45-22-11-12-24-48(45)51(49-25-13-20-38-18-7-9-21-44(38)49)43-33-30-42(31-34-43)50-46-23-10-8-19-40(46)32-35-47(50)39-16-5-2-6-17-39/h1-35H. The molecule has 0 aliphatic carbocycles. The Balaban J connectivity index is 1.21. The molecule has 9 rings (SSSR count). The quantitative estimate of drug-likeness (QED) is 0.166. The molecule has 0 atom stereocenters. The number of hydrogen-bond acceptors (Lipinski definition) is 1. The predicted molar refractivity (Wildman–Crippen MR) is 218 cm³/mol. The summed E-state index contributed by atoms with van der Waals surface area (Å²) in [5.41, 5.74) is 13.0. The minimum atomic E-state index is 1.10. The lowest BCUT2D eigenvalue weighted by Crippen LogP contribution is -2.11. The van der Waals surface area contributed by atoms with E-state index in [0.29, 0.717) is 0 Å². The van der Waals surface area contributed by atoms with Gasteiger partial charge >= 0.3 is 0 Å². The van der Waals surface area contributed by atoms with E-state index in [0.717, 1.165) is 17.1 Å². The highest BCUT2D eigenvalue weighted by Gasteiger charge is 2.20. The zero-order valence-corrected chi connectivity index (χ0v) is 28.2. The maximum absolute atomic E-state index is 2.42. The zero-order valence-electron chi connectivity index (χ0n) is 28.2. The molecule has 0 saturated heterocycles. The molecule has 1 nitrogen and oxygen atoms in total. The molecule has 0 radical (unpaired) electrons. The minimum absolute atomic E-state index is 1.10. The van der Waals surface area contributed by atoms with Crippen LogP contribution >= 0.6 is 0 Å². The summed E-state index contributed by atoms with van der Waals surface area (Å²) >= 11 is 0. The zero-order chi connectivity index (χ0) is 34.0. The van der Waals surface area contributed by atoms with Crippen molar-refractivity contribution >= 4 is 38.6 Å². The summed E-state index contributed by atoms with van der Waals surface area (Å²) in [5, 5.41) is 4.91.